The number of benzene rings is 2. The Morgan fingerprint density at radius 1 is 1.14 bits per heavy atom. The molecule has 37 heavy (non-hydrogen) atoms. The smallest absolute Gasteiger partial charge is 0.471 e. The fourth-order valence-corrected chi connectivity index (χ4v) is 4.11. The van der Waals surface area contributed by atoms with Crippen LogP contribution in [0.15, 0.2) is 54.6 Å². The first-order chi connectivity index (χ1) is 17.7. The average Bonchev–Trinajstić information content (AvgIpc) is 2.89. The molecule has 1 amide bonds. The molecule has 0 aromatic heterocycles. The zero-order valence-electron chi connectivity index (χ0n) is 21.0. The summed E-state index contributed by atoms with van der Waals surface area (Å²) in [6, 6.07) is 14.9. The van der Waals surface area contributed by atoms with Crippen molar-refractivity contribution >= 4 is 24.1 Å². The van der Waals surface area contributed by atoms with E-state index in [0.29, 0.717) is 43.0 Å². The molecule has 0 heterocycles. The highest BCUT2D eigenvalue weighted by atomic mass is 32.2. The lowest BCUT2D eigenvalue weighted by Gasteiger charge is -2.27. The van der Waals surface area contributed by atoms with Gasteiger partial charge in [0.2, 0.25) is 0 Å². The summed E-state index contributed by atoms with van der Waals surface area (Å²) in [4.78, 5) is 19.7. The largest absolute Gasteiger partial charge is 0.497 e. The molecule has 0 N–H and O–H groups in total. The van der Waals surface area contributed by atoms with Gasteiger partial charge < -0.3 is 19.3 Å². The highest BCUT2D eigenvalue weighted by Crippen LogP contribution is 2.36. The standard InChI is InChI=1S/C26H31F3N2O5S/c1-4-13-31(25(32)34-18-19-8-6-5-7-9-19)14-12-20-15-21-10-11-22(33-3)17-23(21)24(16-20)35-36-37-30(2)26(27,28)29/h5-11,16-17,20H,4,12-15,18H2,1-3H3. The van der Waals surface area contributed by atoms with Gasteiger partial charge in [0.1, 0.15) is 24.6 Å². The summed E-state index contributed by atoms with van der Waals surface area (Å²) in [6.45, 7) is 3.18. The van der Waals surface area contributed by atoms with Crippen molar-refractivity contribution < 1.29 is 36.7 Å². The molecule has 202 valence electrons. The van der Waals surface area contributed by atoms with E-state index in [1.807, 2.05) is 55.5 Å². The van der Waals surface area contributed by atoms with Crippen molar-refractivity contribution in [2.45, 2.75) is 39.1 Å². The lowest BCUT2D eigenvalue weighted by molar-refractivity contribution is -0.208. The molecule has 0 saturated heterocycles. The van der Waals surface area contributed by atoms with E-state index in [9.17, 15) is 18.0 Å². The SMILES string of the molecule is CCCN(CCC1C=C(OOSN(C)C(F)(F)F)c2cc(OC)ccc2C1)C(=O)OCc1ccccc1. The van der Waals surface area contributed by atoms with Gasteiger partial charge in [-0.15, -0.1) is 4.31 Å². The van der Waals surface area contributed by atoms with Gasteiger partial charge in [-0.1, -0.05) is 47.7 Å². The van der Waals surface area contributed by atoms with Crippen LogP contribution in [0.2, 0.25) is 0 Å². The number of ether oxygens (including phenoxy) is 2. The van der Waals surface area contributed by atoms with Gasteiger partial charge in [0, 0.05) is 25.7 Å². The van der Waals surface area contributed by atoms with Crippen LogP contribution in [0.4, 0.5) is 18.0 Å². The zero-order valence-corrected chi connectivity index (χ0v) is 21.8. The summed E-state index contributed by atoms with van der Waals surface area (Å²) in [7, 11) is 2.36. The third kappa shape index (κ3) is 8.58. The Balaban J connectivity index is 1.66. The van der Waals surface area contributed by atoms with Crippen molar-refractivity contribution in [1.82, 2.24) is 9.21 Å². The van der Waals surface area contributed by atoms with Crippen LogP contribution in [-0.2, 0) is 27.0 Å². The number of alkyl halides is 3. The van der Waals surface area contributed by atoms with Crippen molar-refractivity contribution in [3.63, 3.8) is 0 Å². The number of hydrogen-bond donors (Lipinski definition) is 0. The normalized spacial score (nSPS) is 15.1. The van der Waals surface area contributed by atoms with Gasteiger partial charge >= 0.3 is 12.4 Å². The summed E-state index contributed by atoms with van der Waals surface area (Å²) < 4.78 is 53.9. The Kier molecular flexibility index (Phi) is 10.5. The van der Waals surface area contributed by atoms with Crippen LogP contribution in [0.1, 0.15) is 36.5 Å². The summed E-state index contributed by atoms with van der Waals surface area (Å²) >= 11 is 0.0398. The first kappa shape index (κ1) is 28.7. The van der Waals surface area contributed by atoms with Gasteiger partial charge in [0.05, 0.1) is 7.11 Å². The van der Waals surface area contributed by atoms with E-state index in [0.717, 1.165) is 24.6 Å². The summed E-state index contributed by atoms with van der Waals surface area (Å²) in [5.74, 6) is 0.843. The molecular formula is C26H31F3N2O5S. The molecule has 1 aliphatic rings. The number of fused-ring (bicyclic) bond motifs is 1. The van der Waals surface area contributed by atoms with Crippen LogP contribution < -0.4 is 4.74 Å². The van der Waals surface area contributed by atoms with E-state index >= 15 is 0 Å². The number of amides is 1. The number of methoxy groups -OCH3 is 1. The molecule has 0 bridgehead atoms. The minimum absolute atomic E-state index is 0.00988. The van der Waals surface area contributed by atoms with Gasteiger partial charge in [-0.3, -0.25) is 0 Å². The van der Waals surface area contributed by atoms with Crippen LogP contribution in [0.25, 0.3) is 5.76 Å². The number of carbonyl (C=O) groups excluding carboxylic acids is 1. The minimum atomic E-state index is -4.57. The summed E-state index contributed by atoms with van der Waals surface area (Å²) in [6.07, 6.45) is -1.10. The molecule has 1 atom stereocenters. The Morgan fingerprint density at radius 2 is 1.89 bits per heavy atom. The number of rotatable bonds is 12. The molecule has 1 aliphatic carbocycles. The van der Waals surface area contributed by atoms with Gasteiger partial charge in [-0.25, -0.2) is 4.79 Å². The van der Waals surface area contributed by atoms with Gasteiger partial charge in [0.25, 0.3) is 0 Å². The second-order valence-corrected chi connectivity index (χ2v) is 9.36. The van der Waals surface area contributed by atoms with E-state index in [-0.39, 0.29) is 35.2 Å². The fourth-order valence-electron chi connectivity index (χ4n) is 3.83. The maximum Gasteiger partial charge on any atom is 0.471 e. The second-order valence-electron chi connectivity index (χ2n) is 8.53. The van der Waals surface area contributed by atoms with E-state index in [1.165, 1.54) is 7.11 Å². The van der Waals surface area contributed by atoms with Crippen LogP contribution in [0, 0.1) is 5.92 Å². The molecule has 2 aromatic rings. The first-order valence-electron chi connectivity index (χ1n) is 11.9. The Bertz CT molecular complexity index is 1050. The minimum Gasteiger partial charge on any atom is -0.497 e. The third-order valence-corrected chi connectivity index (χ3v) is 6.36. The van der Waals surface area contributed by atoms with Crippen molar-refractivity contribution in [2.24, 2.45) is 5.92 Å². The molecular weight excluding hydrogens is 509 g/mol. The topological polar surface area (TPSA) is 60.5 Å². The van der Waals surface area contributed by atoms with Crippen molar-refractivity contribution in [3.05, 3.63) is 71.3 Å². The first-order valence-corrected chi connectivity index (χ1v) is 12.6. The molecule has 7 nitrogen and oxygen atoms in total. The number of halogens is 3. The number of carbonyl (C=O) groups is 1. The lowest BCUT2D eigenvalue weighted by atomic mass is 9.86. The number of allylic oxidation sites excluding steroid dienone is 1. The predicted molar refractivity (Wildman–Crippen MR) is 135 cm³/mol. The molecule has 0 aliphatic heterocycles. The monoisotopic (exact) mass is 540 g/mol. The molecule has 0 fully saturated rings. The number of hydrogen-bond acceptors (Lipinski definition) is 7. The molecule has 11 heteroatoms. The highest BCUT2D eigenvalue weighted by molar-refractivity contribution is 7.92. The summed E-state index contributed by atoms with van der Waals surface area (Å²) in [5.41, 5.74) is 2.53. The fraction of sp³-hybridized carbons (Fsp3) is 0.423. The van der Waals surface area contributed by atoms with Crippen molar-refractivity contribution in [3.8, 4) is 5.75 Å². The molecule has 0 spiro atoms. The maximum absolute atomic E-state index is 12.8. The van der Waals surface area contributed by atoms with Crippen molar-refractivity contribution in [1.29, 1.82) is 0 Å². The van der Waals surface area contributed by atoms with E-state index in [1.54, 1.807) is 11.0 Å². The van der Waals surface area contributed by atoms with Crippen molar-refractivity contribution in [2.75, 3.05) is 27.2 Å². The Labute approximate surface area is 219 Å². The average molecular weight is 541 g/mol. The maximum atomic E-state index is 12.8. The van der Waals surface area contributed by atoms with Crippen LogP contribution in [0.3, 0.4) is 0 Å². The lowest BCUT2D eigenvalue weighted by Crippen LogP contribution is -2.34. The Hall–Kier alpha value is -2.89. The van der Waals surface area contributed by atoms with Crippen LogP contribution in [0.5, 0.6) is 5.75 Å². The van der Waals surface area contributed by atoms with Crippen LogP contribution >= 0.6 is 12.2 Å². The van der Waals surface area contributed by atoms with Gasteiger partial charge in [0.15, 0.2) is 5.76 Å². The number of nitrogens with zero attached hydrogens (tertiary/aromatic N) is 2. The van der Waals surface area contributed by atoms with E-state index < -0.39 is 6.30 Å². The molecule has 2 aromatic carbocycles. The highest BCUT2D eigenvalue weighted by Gasteiger charge is 2.36. The van der Waals surface area contributed by atoms with Crippen LogP contribution in [-0.4, -0.2) is 48.8 Å². The second kappa shape index (κ2) is 13.6. The molecule has 0 radical (unpaired) electrons. The quantitative estimate of drug-likeness (QED) is 0.0987. The predicted octanol–water partition coefficient (Wildman–Crippen LogP) is 6.61. The third-order valence-electron chi connectivity index (χ3n) is 5.80. The Morgan fingerprint density at radius 3 is 2.57 bits per heavy atom. The van der Waals surface area contributed by atoms with E-state index in [2.05, 4.69) is 0 Å². The van der Waals surface area contributed by atoms with Gasteiger partial charge in [-0.05, 0) is 54.5 Å². The molecule has 0 saturated carbocycles. The zero-order chi connectivity index (χ0) is 26.8. The molecule has 1 unspecified atom stereocenters. The molecule has 3 rings (SSSR count). The van der Waals surface area contributed by atoms with E-state index in [4.69, 9.17) is 18.7 Å². The summed E-state index contributed by atoms with van der Waals surface area (Å²) in [5, 5.41) is 0. The van der Waals surface area contributed by atoms with Gasteiger partial charge in [-0.2, -0.15) is 13.2 Å².